The van der Waals surface area contributed by atoms with Crippen LogP contribution in [0.4, 0.5) is 5.69 Å². The first-order chi connectivity index (χ1) is 22.1. The molecule has 2 amide bonds. The molecular formula is C36H40BrN3O5S. The molecule has 4 rings (SSSR count). The fourth-order valence-electron chi connectivity index (χ4n) is 4.91. The number of sulfonamides is 1. The Balaban J connectivity index is 1.77. The van der Waals surface area contributed by atoms with Crippen LogP contribution in [0, 0.1) is 0 Å². The highest BCUT2D eigenvalue weighted by atomic mass is 79.9. The van der Waals surface area contributed by atoms with Gasteiger partial charge in [-0.15, -0.1) is 0 Å². The Hall–Kier alpha value is -4.15. The van der Waals surface area contributed by atoms with Crippen LogP contribution in [0.25, 0.3) is 0 Å². The Labute approximate surface area is 280 Å². The Kier molecular flexibility index (Phi) is 12.4. The second-order valence-electron chi connectivity index (χ2n) is 10.9. The van der Waals surface area contributed by atoms with Crippen molar-refractivity contribution in [3.8, 4) is 5.75 Å². The van der Waals surface area contributed by atoms with Crippen molar-refractivity contribution in [3.05, 3.63) is 125 Å². The number of benzene rings is 4. The summed E-state index contributed by atoms with van der Waals surface area (Å²) in [5.41, 5.74) is 2.01. The van der Waals surface area contributed by atoms with Gasteiger partial charge in [0.1, 0.15) is 18.3 Å². The van der Waals surface area contributed by atoms with Crippen LogP contribution in [0.15, 0.2) is 119 Å². The number of para-hydroxylation sites is 1. The minimum absolute atomic E-state index is 0.0161. The van der Waals surface area contributed by atoms with Crippen molar-refractivity contribution in [2.24, 2.45) is 0 Å². The average Bonchev–Trinajstić information content (AvgIpc) is 3.07. The zero-order valence-corrected chi connectivity index (χ0v) is 28.7. The number of anilines is 1. The van der Waals surface area contributed by atoms with Gasteiger partial charge in [0.2, 0.25) is 11.8 Å². The summed E-state index contributed by atoms with van der Waals surface area (Å²) in [5, 5.41) is 3.05. The second-order valence-corrected chi connectivity index (χ2v) is 13.7. The summed E-state index contributed by atoms with van der Waals surface area (Å²) in [4.78, 5) is 29.9. The third-order valence-electron chi connectivity index (χ3n) is 7.58. The minimum Gasteiger partial charge on any atom is -0.494 e. The van der Waals surface area contributed by atoms with Crippen molar-refractivity contribution < 1.29 is 22.7 Å². The molecule has 242 valence electrons. The zero-order valence-electron chi connectivity index (χ0n) is 26.3. The zero-order chi connectivity index (χ0) is 33.1. The number of rotatable bonds is 15. The van der Waals surface area contributed by atoms with Crippen molar-refractivity contribution in [2.75, 3.05) is 17.5 Å². The van der Waals surface area contributed by atoms with Gasteiger partial charge in [-0.3, -0.25) is 13.9 Å². The summed E-state index contributed by atoms with van der Waals surface area (Å²) in [7, 11) is -4.20. The van der Waals surface area contributed by atoms with E-state index in [4.69, 9.17) is 4.74 Å². The van der Waals surface area contributed by atoms with Crippen LogP contribution in [0.3, 0.4) is 0 Å². The lowest BCUT2D eigenvalue weighted by molar-refractivity contribution is -0.140. The molecule has 46 heavy (non-hydrogen) atoms. The Morgan fingerprint density at radius 3 is 2.02 bits per heavy atom. The van der Waals surface area contributed by atoms with Crippen LogP contribution in [-0.2, 0) is 32.6 Å². The van der Waals surface area contributed by atoms with Crippen LogP contribution in [-0.4, -0.2) is 50.4 Å². The topological polar surface area (TPSA) is 96.0 Å². The highest BCUT2D eigenvalue weighted by molar-refractivity contribution is 9.10. The third kappa shape index (κ3) is 9.20. The number of ether oxygens (including phenoxy) is 1. The van der Waals surface area contributed by atoms with Gasteiger partial charge in [0, 0.05) is 23.5 Å². The molecule has 8 nitrogen and oxygen atoms in total. The van der Waals surface area contributed by atoms with Gasteiger partial charge in [0.05, 0.1) is 17.2 Å². The molecule has 1 N–H and O–H groups in total. The summed E-state index contributed by atoms with van der Waals surface area (Å²) in [6.07, 6.45) is 0.967. The molecule has 0 saturated heterocycles. The number of carbonyl (C=O) groups excluding carboxylic acids is 2. The predicted octanol–water partition coefficient (Wildman–Crippen LogP) is 6.60. The van der Waals surface area contributed by atoms with Gasteiger partial charge in [-0.1, -0.05) is 83.5 Å². The lowest BCUT2D eigenvalue weighted by Crippen LogP contribution is -2.54. The number of hydrogen-bond donors (Lipinski definition) is 1. The molecule has 0 spiro atoms. The molecule has 4 aromatic carbocycles. The van der Waals surface area contributed by atoms with Gasteiger partial charge >= 0.3 is 0 Å². The third-order valence-corrected chi connectivity index (χ3v) is 9.90. The van der Waals surface area contributed by atoms with E-state index in [1.165, 1.54) is 17.0 Å². The molecule has 0 aromatic heterocycles. The molecule has 0 saturated carbocycles. The summed E-state index contributed by atoms with van der Waals surface area (Å²) in [6.45, 7) is 5.77. The largest absolute Gasteiger partial charge is 0.494 e. The Morgan fingerprint density at radius 1 is 0.826 bits per heavy atom. The number of nitrogens with zero attached hydrogens (tertiary/aromatic N) is 2. The molecule has 0 unspecified atom stereocenters. The van der Waals surface area contributed by atoms with E-state index in [1.807, 2.05) is 75.4 Å². The van der Waals surface area contributed by atoms with Crippen LogP contribution in [0.1, 0.15) is 38.3 Å². The predicted molar refractivity (Wildman–Crippen MR) is 185 cm³/mol. The molecule has 0 fully saturated rings. The first-order valence-electron chi connectivity index (χ1n) is 15.3. The Bertz CT molecular complexity index is 1670. The van der Waals surface area contributed by atoms with Gasteiger partial charge in [-0.2, -0.15) is 0 Å². The molecule has 4 aromatic rings. The number of halogens is 1. The minimum atomic E-state index is -4.20. The van der Waals surface area contributed by atoms with E-state index < -0.39 is 28.5 Å². The standard InChI is InChI=1S/C36H40BrN3O5S/c1-4-27(3)38-36(42)34(24-28-12-8-6-9-13-28)39(25-29-16-18-30(37)19-17-29)35(41)26-40(31-14-10-7-11-15-31)46(43,44)33-22-20-32(21-23-33)45-5-2/h6-23,27,34H,4-5,24-26H2,1-3H3,(H,38,42)/t27-,34+/m0/s1. The van der Waals surface area contributed by atoms with Gasteiger partial charge < -0.3 is 15.0 Å². The van der Waals surface area contributed by atoms with Crippen LogP contribution < -0.4 is 14.4 Å². The van der Waals surface area contributed by atoms with E-state index in [9.17, 15) is 18.0 Å². The lowest BCUT2D eigenvalue weighted by atomic mass is 10.0. The Morgan fingerprint density at radius 2 is 1.43 bits per heavy atom. The second kappa shape index (κ2) is 16.4. The molecule has 0 aliphatic heterocycles. The fraction of sp³-hybridized carbons (Fsp3) is 0.278. The average molecular weight is 707 g/mol. The maximum Gasteiger partial charge on any atom is 0.264 e. The number of carbonyl (C=O) groups is 2. The first kappa shape index (κ1) is 34.7. The van der Waals surface area contributed by atoms with E-state index in [0.29, 0.717) is 24.5 Å². The first-order valence-corrected chi connectivity index (χ1v) is 17.5. The van der Waals surface area contributed by atoms with Gasteiger partial charge in [0.25, 0.3) is 10.0 Å². The smallest absolute Gasteiger partial charge is 0.264 e. The van der Waals surface area contributed by atoms with E-state index in [2.05, 4.69) is 21.2 Å². The fourth-order valence-corrected chi connectivity index (χ4v) is 6.58. The summed E-state index contributed by atoms with van der Waals surface area (Å²) in [5.74, 6) is -0.272. The molecule has 10 heteroatoms. The monoisotopic (exact) mass is 705 g/mol. The van der Waals surface area contributed by atoms with Gasteiger partial charge in [-0.05, 0) is 79.9 Å². The lowest BCUT2D eigenvalue weighted by Gasteiger charge is -2.34. The maximum atomic E-state index is 14.5. The van der Waals surface area contributed by atoms with Crippen molar-refractivity contribution in [2.45, 2.75) is 57.1 Å². The summed E-state index contributed by atoms with van der Waals surface area (Å²) in [6, 6.07) is 30.6. The van der Waals surface area contributed by atoms with Crippen LogP contribution in [0.2, 0.25) is 0 Å². The summed E-state index contributed by atoms with van der Waals surface area (Å²) < 4.78 is 35.8. The van der Waals surface area contributed by atoms with E-state index in [0.717, 1.165) is 19.9 Å². The maximum absolute atomic E-state index is 14.5. The molecule has 0 aliphatic carbocycles. The number of amides is 2. The van der Waals surface area contributed by atoms with Crippen LogP contribution in [0.5, 0.6) is 5.75 Å². The van der Waals surface area contributed by atoms with Gasteiger partial charge in [-0.25, -0.2) is 8.42 Å². The van der Waals surface area contributed by atoms with Crippen molar-refractivity contribution in [1.82, 2.24) is 10.2 Å². The highest BCUT2D eigenvalue weighted by Gasteiger charge is 2.35. The number of hydrogen-bond acceptors (Lipinski definition) is 5. The molecule has 2 atom stereocenters. The quantitative estimate of drug-likeness (QED) is 0.150. The molecule has 0 heterocycles. The number of nitrogens with one attached hydrogen (secondary N) is 1. The van der Waals surface area contributed by atoms with Crippen molar-refractivity contribution in [1.29, 1.82) is 0 Å². The normalized spacial score (nSPS) is 12.5. The van der Waals surface area contributed by atoms with Gasteiger partial charge in [0.15, 0.2) is 0 Å². The highest BCUT2D eigenvalue weighted by Crippen LogP contribution is 2.26. The SMILES string of the molecule is CCOc1ccc(S(=O)(=O)N(CC(=O)N(Cc2ccc(Br)cc2)[C@H](Cc2ccccc2)C(=O)N[C@@H](C)CC)c2ccccc2)cc1. The van der Waals surface area contributed by atoms with Crippen LogP contribution >= 0.6 is 15.9 Å². The van der Waals surface area contributed by atoms with Crippen molar-refractivity contribution >= 4 is 43.5 Å². The van der Waals surface area contributed by atoms with E-state index >= 15 is 0 Å². The molecule has 0 bridgehead atoms. The van der Waals surface area contributed by atoms with E-state index in [1.54, 1.807) is 42.5 Å². The summed E-state index contributed by atoms with van der Waals surface area (Å²) >= 11 is 3.46. The molecule has 0 radical (unpaired) electrons. The molecule has 0 aliphatic rings. The van der Waals surface area contributed by atoms with E-state index in [-0.39, 0.29) is 29.8 Å². The van der Waals surface area contributed by atoms with Crippen molar-refractivity contribution in [3.63, 3.8) is 0 Å². The molecular weight excluding hydrogens is 666 g/mol.